The van der Waals surface area contributed by atoms with Crippen molar-refractivity contribution in [3.63, 3.8) is 0 Å². The van der Waals surface area contributed by atoms with Crippen molar-refractivity contribution in [1.82, 2.24) is 19.9 Å². The van der Waals surface area contributed by atoms with Gasteiger partial charge in [0.1, 0.15) is 5.82 Å². The van der Waals surface area contributed by atoms with Gasteiger partial charge >= 0.3 is 0 Å². The summed E-state index contributed by atoms with van der Waals surface area (Å²) in [5.41, 5.74) is 0.932. The first-order chi connectivity index (χ1) is 11.5. The highest BCUT2D eigenvalue weighted by atomic mass is 35.5. The summed E-state index contributed by atoms with van der Waals surface area (Å²) in [6.45, 7) is 2.68. The van der Waals surface area contributed by atoms with Crippen LogP contribution >= 0.6 is 12.4 Å². The van der Waals surface area contributed by atoms with Crippen LogP contribution in [0.2, 0.25) is 0 Å². The van der Waals surface area contributed by atoms with Crippen molar-refractivity contribution in [3.8, 4) is 0 Å². The van der Waals surface area contributed by atoms with Crippen LogP contribution in [0.25, 0.3) is 0 Å². The van der Waals surface area contributed by atoms with Crippen LogP contribution in [-0.2, 0) is 6.54 Å². The number of alkyl halides is 2. The molecule has 1 aromatic carbocycles. The van der Waals surface area contributed by atoms with Crippen molar-refractivity contribution >= 4 is 18.2 Å². The predicted molar refractivity (Wildman–Crippen MR) is 91.9 cm³/mol. The molecule has 0 bridgehead atoms. The van der Waals surface area contributed by atoms with Gasteiger partial charge in [0.25, 0.3) is 5.92 Å². The molecule has 2 heterocycles. The third kappa shape index (κ3) is 5.89. The summed E-state index contributed by atoms with van der Waals surface area (Å²) in [7, 11) is 0. The Labute approximate surface area is 150 Å². The smallest absolute Gasteiger partial charge is 0.250 e. The van der Waals surface area contributed by atoms with Gasteiger partial charge in [0.2, 0.25) is 0 Å². The van der Waals surface area contributed by atoms with Crippen molar-refractivity contribution in [2.24, 2.45) is 0 Å². The number of rotatable bonds is 6. The average Bonchev–Trinajstić information content (AvgIpc) is 2.99. The highest BCUT2D eigenvalue weighted by Gasteiger charge is 2.33. The van der Waals surface area contributed by atoms with Gasteiger partial charge in [0.15, 0.2) is 5.82 Å². The minimum absolute atomic E-state index is 0. The van der Waals surface area contributed by atoms with Crippen LogP contribution in [0.3, 0.4) is 0 Å². The van der Waals surface area contributed by atoms with E-state index in [1.165, 1.54) is 12.1 Å². The minimum atomic E-state index is -2.51. The lowest BCUT2D eigenvalue weighted by Crippen LogP contribution is -2.41. The number of hydrogen-bond acceptors (Lipinski definition) is 4. The van der Waals surface area contributed by atoms with Crippen molar-refractivity contribution in [3.05, 3.63) is 41.8 Å². The van der Waals surface area contributed by atoms with Gasteiger partial charge in [-0.2, -0.15) is 0 Å². The molecule has 1 aromatic heterocycles. The summed E-state index contributed by atoms with van der Waals surface area (Å²) in [5.74, 6) is -2.14. The standard InChI is InChI=1S/C16H20F3N5.ClH/c17-14-3-1-13(2-4-14)11-24-12-15(21-22-24)20-7-10-23-8-5-16(18,19)6-9-23;/h1-4,12,20H,5-11H2;1H. The van der Waals surface area contributed by atoms with Crippen LogP contribution in [-0.4, -0.2) is 52.0 Å². The molecule has 0 saturated carbocycles. The highest BCUT2D eigenvalue weighted by molar-refractivity contribution is 5.85. The number of halogens is 4. The van der Waals surface area contributed by atoms with Crippen LogP contribution in [0.1, 0.15) is 18.4 Å². The Balaban J connectivity index is 0.00000225. The molecule has 0 unspecified atom stereocenters. The van der Waals surface area contributed by atoms with Crippen LogP contribution in [0.5, 0.6) is 0 Å². The molecule has 1 saturated heterocycles. The third-order valence-electron chi connectivity index (χ3n) is 4.12. The molecule has 138 valence electrons. The topological polar surface area (TPSA) is 46.0 Å². The Morgan fingerprint density at radius 2 is 1.80 bits per heavy atom. The third-order valence-corrected chi connectivity index (χ3v) is 4.12. The Hall–Kier alpha value is -1.80. The van der Waals surface area contributed by atoms with Gasteiger partial charge in [-0.1, -0.05) is 17.3 Å². The molecule has 5 nitrogen and oxygen atoms in total. The fourth-order valence-corrected chi connectivity index (χ4v) is 2.68. The summed E-state index contributed by atoms with van der Waals surface area (Å²) in [5, 5.41) is 11.2. The first kappa shape index (κ1) is 19.5. The molecular weight excluding hydrogens is 355 g/mol. The van der Waals surface area contributed by atoms with Gasteiger partial charge < -0.3 is 10.2 Å². The predicted octanol–water partition coefficient (Wildman–Crippen LogP) is 3.03. The van der Waals surface area contributed by atoms with E-state index < -0.39 is 5.92 Å². The summed E-state index contributed by atoms with van der Waals surface area (Å²) >= 11 is 0. The van der Waals surface area contributed by atoms with Crippen LogP contribution in [0.15, 0.2) is 30.5 Å². The van der Waals surface area contributed by atoms with Crippen molar-refractivity contribution in [2.75, 3.05) is 31.5 Å². The zero-order valence-electron chi connectivity index (χ0n) is 13.7. The van der Waals surface area contributed by atoms with Crippen LogP contribution in [0, 0.1) is 5.82 Å². The molecule has 0 atom stereocenters. The molecule has 9 heteroatoms. The summed E-state index contributed by atoms with van der Waals surface area (Å²) in [4.78, 5) is 2.02. The second kappa shape index (κ2) is 8.53. The molecule has 1 N–H and O–H groups in total. The normalized spacial score (nSPS) is 17.1. The average molecular weight is 376 g/mol. The van der Waals surface area contributed by atoms with E-state index >= 15 is 0 Å². The maximum Gasteiger partial charge on any atom is 0.250 e. The Kier molecular flexibility index (Phi) is 6.66. The molecule has 0 spiro atoms. The van der Waals surface area contributed by atoms with E-state index in [2.05, 4.69) is 15.6 Å². The van der Waals surface area contributed by atoms with Gasteiger partial charge in [-0.3, -0.25) is 0 Å². The molecule has 0 amide bonds. The Morgan fingerprint density at radius 3 is 2.48 bits per heavy atom. The van der Waals surface area contributed by atoms with Gasteiger partial charge in [-0.05, 0) is 17.7 Å². The number of anilines is 1. The minimum Gasteiger partial charge on any atom is -0.366 e. The lowest BCUT2D eigenvalue weighted by atomic mass is 10.1. The maximum absolute atomic E-state index is 13.1. The van der Waals surface area contributed by atoms with Crippen molar-refractivity contribution in [1.29, 1.82) is 0 Å². The monoisotopic (exact) mass is 375 g/mol. The van der Waals surface area contributed by atoms with E-state index in [-0.39, 0.29) is 31.1 Å². The molecule has 3 rings (SSSR count). The Bertz CT molecular complexity index is 652. The number of aromatic nitrogens is 3. The fourth-order valence-electron chi connectivity index (χ4n) is 2.68. The van der Waals surface area contributed by atoms with Crippen LogP contribution in [0.4, 0.5) is 19.0 Å². The molecule has 0 aliphatic carbocycles. The number of hydrogen-bond donors (Lipinski definition) is 1. The van der Waals surface area contributed by atoms with Crippen LogP contribution < -0.4 is 5.32 Å². The largest absolute Gasteiger partial charge is 0.366 e. The number of nitrogens with zero attached hydrogens (tertiary/aromatic N) is 4. The zero-order chi connectivity index (χ0) is 17.0. The number of nitrogens with one attached hydrogen (secondary N) is 1. The lowest BCUT2D eigenvalue weighted by Gasteiger charge is -2.31. The summed E-state index contributed by atoms with van der Waals surface area (Å²) < 4.78 is 40.7. The number of likely N-dealkylation sites (tertiary alicyclic amines) is 1. The number of benzene rings is 1. The molecule has 1 fully saturated rings. The van der Waals surface area contributed by atoms with Crippen molar-refractivity contribution < 1.29 is 13.2 Å². The van der Waals surface area contributed by atoms with E-state index in [4.69, 9.17) is 0 Å². The zero-order valence-corrected chi connectivity index (χ0v) is 14.5. The quantitative estimate of drug-likeness (QED) is 0.843. The van der Waals surface area contributed by atoms with Gasteiger partial charge in [0, 0.05) is 39.0 Å². The molecule has 0 radical (unpaired) electrons. The molecule has 1 aliphatic rings. The molecular formula is C16H21ClF3N5. The van der Waals surface area contributed by atoms with E-state index in [1.54, 1.807) is 23.0 Å². The highest BCUT2D eigenvalue weighted by Crippen LogP contribution is 2.27. The first-order valence-corrected chi connectivity index (χ1v) is 7.99. The Morgan fingerprint density at radius 1 is 1.12 bits per heavy atom. The van der Waals surface area contributed by atoms with E-state index in [0.29, 0.717) is 38.5 Å². The molecule has 1 aliphatic heterocycles. The molecule has 25 heavy (non-hydrogen) atoms. The summed E-state index contributed by atoms with van der Waals surface area (Å²) in [6.07, 6.45) is 1.63. The van der Waals surface area contributed by atoms with Gasteiger partial charge in [-0.25, -0.2) is 17.9 Å². The second-order valence-corrected chi connectivity index (χ2v) is 6.05. The first-order valence-electron chi connectivity index (χ1n) is 7.99. The lowest BCUT2D eigenvalue weighted by molar-refractivity contribution is -0.0543. The second-order valence-electron chi connectivity index (χ2n) is 6.05. The van der Waals surface area contributed by atoms with Crippen molar-refractivity contribution in [2.45, 2.75) is 25.3 Å². The van der Waals surface area contributed by atoms with E-state index in [1.807, 2.05) is 4.90 Å². The van der Waals surface area contributed by atoms with E-state index in [9.17, 15) is 13.2 Å². The molecule has 2 aromatic rings. The maximum atomic E-state index is 13.1. The van der Waals surface area contributed by atoms with E-state index in [0.717, 1.165) is 5.56 Å². The van der Waals surface area contributed by atoms with Gasteiger partial charge in [0.05, 0.1) is 12.7 Å². The summed E-state index contributed by atoms with van der Waals surface area (Å²) in [6, 6.07) is 6.23. The fraction of sp³-hybridized carbons (Fsp3) is 0.500. The van der Waals surface area contributed by atoms with Gasteiger partial charge in [-0.15, -0.1) is 17.5 Å². The SMILES string of the molecule is Cl.Fc1ccc(Cn2cc(NCCN3CCC(F)(F)CC3)nn2)cc1. The number of piperidine rings is 1.